The highest BCUT2D eigenvalue weighted by atomic mass is 32.2. The van der Waals surface area contributed by atoms with Crippen LogP contribution in [-0.4, -0.2) is 54.1 Å². The second-order valence-electron chi connectivity index (χ2n) is 4.83. The number of primary amides is 1. The minimum absolute atomic E-state index is 0.0831. The van der Waals surface area contributed by atoms with Gasteiger partial charge in [0.25, 0.3) is 16.0 Å². The molecular formula is C14H16N6O6S. The Kier molecular flexibility index (Phi) is 5.75. The van der Waals surface area contributed by atoms with Gasteiger partial charge in [0.15, 0.2) is 0 Å². The molecule has 2 rings (SSSR count). The molecule has 27 heavy (non-hydrogen) atoms. The van der Waals surface area contributed by atoms with E-state index in [-0.39, 0.29) is 22.9 Å². The molecule has 0 bridgehead atoms. The number of hydrogen-bond donors (Lipinski definition) is 3. The van der Waals surface area contributed by atoms with Gasteiger partial charge in [0.2, 0.25) is 5.95 Å². The number of nitrogens with two attached hydrogens (primary N) is 1. The molecule has 4 N–H and O–H groups in total. The zero-order valence-corrected chi connectivity index (χ0v) is 15.1. The van der Waals surface area contributed by atoms with Crippen LogP contribution in [0.25, 0.3) is 0 Å². The van der Waals surface area contributed by atoms with Crippen molar-refractivity contribution in [1.82, 2.24) is 15.0 Å². The first-order valence-electron chi connectivity index (χ1n) is 7.46. The summed E-state index contributed by atoms with van der Waals surface area (Å²) in [6.45, 7) is 1.81. The quantitative estimate of drug-likeness (QED) is 0.589. The molecule has 1 aromatic heterocycles. The lowest BCUT2D eigenvalue weighted by Crippen LogP contribution is -2.42. The van der Waals surface area contributed by atoms with Gasteiger partial charge in [-0.1, -0.05) is 12.1 Å². The highest BCUT2D eigenvalue weighted by molar-refractivity contribution is 7.93. The summed E-state index contributed by atoms with van der Waals surface area (Å²) in [7, 11) is -3.29. The van der Waals surface area contributed by atoms with Crippen LogP contribution in [-0.2, 0) is 10.0 Å². The van der Waals surface area contributed by atoms with Gasteiger partial charge in [-0.3, -0.25) is 0 Å². The number of ether oxygens (including phenoxy) is 1. The average Bonchev–Trinajstić information content (AvgIpc) is 2.61. The zero-order valence-electron chi connectivity index (χ0n) is 14.3. The van der Waals surface area contributed by atoms with E-state index >= 15 is 0 Å². The summed E-state index contributed by atoms with van der Waals surface area (Å²) in [6.07, 6.45) is 0. The second kappa shape index (κ2) is 7.82. The fraction of sp³-hybridized carbons (Fsp3) is 0.214. The van der Waals surface area contributed by atoms with Crippen LogP contribution in [0.5, 0.6) is 6.01 Å². The lowest BCUT2D eigenvalue weighted by Gasteiger charge is -2.20. The summed E-state index contributed by atoms with van der Waals surface area (Å²) < 4.78 is 31.1. The Balaban J connectivity index is 2.70. The van der Waals surface area contributed by atoms with Gasteiger partial charge in [0.1, 0.15) is 4.90 Å². The number of aromatic nitrogens is 3. The predicted octanol–water partition coefficient (Wildman–Crippen LogP) is 0.284. The highest BCUT2D eigenvalue weighted by Gasteiger charge is 2.35. The summed E-state index contributed by atoms with van der Waals surface area (Å²) in [5.74, 6) is -2.23. The number of sulfonamides is 1. The molecule has 0 spiro atoms. The first-order chi connectivity index (χ1) is 12.7. The average molecular weight is 396 g/mol. The van der Waals surface area contributed by atoms with E-state index in [9.17, 15) is 23.1 Å². The molecule has 0 atom stereocenters. The van der Waals surface area contributed by atoms with E-state index in [0.717, 1.165) is 12.1 Å². The van der Waals surface area contributed by atoms with E-state index in [2.05, 4.69) is 20.3 Å². The van der Waals surface area contributed by atoms with Crippen LogP contribution < -0.4 is 20.1 Å². The van der Waals surface area contributed by atoms with Gasteiger partial charge in [-0.15, -0.1) is 4.31 Å². The van der Waals surface area contributed by atoms with Crippen molar-refractivity contribution in [2.24, 2.45) is 5.73 Å². The monoisotopic (exact) mass is 396 g/mol. The number of aromatic carboxylic acids is 1. The van der Waals surface area contributed by atoms with Gasteiger partial charge >= 0.3 is 18.0 Å². The van der Waals surface area contributed by atoms with Gasteiger partial charge in [-0.25, -0.2) is 18.0 Å². The summed E-state index contributed by atoms with van der Waals surface area (Å²) in [5.41, 5.74) is 4.69. The number of carboxylic acids is 1. The van der Waals surface area contributed by atoms with E-state index in [4.69, 9.17) is 10.5 Å². The molecule has 13 heteroatoms. The van der Waals surface area contributed by atoms with Gasteiger partial charge in [-0.05, 0) is 19.1 Å². The molecule has 0 aliphatic heterocycles. The number of nitrogens with zero attached hydrogens (tertiary/aromatic N) is 4. The molecule has 2 amide bonds. The van der Waals surface area contributed by atoms with Crippen molar-refractivity contribution >= 4 is 33.9 Å². The molecule has 144 valence electrons. The number of amides is 2. The molecule has 2 aromatic rings. The fourth-order valence-corrected chi connectivity index (χ4v) is 3.45. The Morgan fingerprint density at radius 3 is 2.48 bits per heavy atom. The molecule has 1 aromatic carbocycles. The van der Waals surface area contributed by atoms with Crippen LogP contribution in [0, 0.1) is 0 Å². The number of rotatable bonds is 7. The van der Waals surface area contributed by atoms with Crippen molar-refractivity contribution < 1.29 is 27.9 Å². The van der Waals surface area contributed by atoms with E-state index in [1.807, 2.05) is 0 Å². The fourth-order valence-electron chi connectivity index (χ4n) is 2.03. The molecule has 0 aliphatic rings. The van der Waals surface area contributed by atoms with Crippen LogP contribution in [0.2, 0.25) is 0 Å². The molecule has 1 heterocycles. The van der Waals surface area contributed by atoms with E-state index < -0.39 is 38.4 Å². The molecule has 0 saturated carbocycles. The number of carbonyl (C=O) groups excluding carboxylic acids is 1. The second-order valence-corrected chi connectivity index (χ2v) is 6.59. The lowest BCUT2D eigenvalue weighted by molar-refractivity contribution is 0.0692. The first-order valence-corrected chi connectivity index (χ1v) is 8.90. The van der Waals surface area contributed by atoms with Crippen molar-refractivity contribution in [3.63, 3.8) is 0 Å². The molecule has 0 aliphatic carbocycles. The summed E-state index contributed by atoms with van der Waals surface area (Å²) in [5, 5.41) is 11.8. The van der Waals surface area contributed by atoms with E-state index in [0.29, 0.717) is 0 Å². The Hall–Kier alpha value is -3.48. The van der Waals surface area contributed by atoms with E-state index in [1.165, 1.54) is 19.2 Å². The normalized spacial score (nSPS) is 10.9. The molecule has 0 fully saturated rings. The minimum Gasteiger partial charge on any atom is -0.478 e. The van der Waals surface area contributed by atoms with Crippen LogP contribution in [0.1, 0.15) is 17.3 Å². The van der Waals surface area contributed by atoms with Crippen LogP contribution in [0.4, 0.5) is 16.7 Å². The summed E-state index contributed by atoms with van der Waals surface area (Å²) in [4.78, 5) is 34.1. The third kappa shape index (κ3) is 4.03. The third-order valence-corrected chi connectivity index (χ3v) is 4.85. The predicted molar refractivity (Wildman–Crippen MR) is 93.2 cm³/mol. The first kappa shape index (κ1) is 19.8. The van der Waals surface area contributed by atoms with Gasteiger partial charge in [0, 0.05) is 7.05 Å². The van der Waals surface area contributed by atoms with Crippen molar-refractivity contribution in [2.75, 3.05) is 23.3 Å². The van der Waals surface area contributed by atoms with Gasteiger partial charge in [-0.2, -0.15) is 15.0 Å². The number of carboxylic acid groups (broad SMARTS) is 1. The SMILES string of the molecule is CCOc1nc(NC)nc(N(C(N)=O)S(=O)(=O)c2ccccc2C(=O)O)n1. The molecule has 0 radical (unpaired) electrons. The molecule has 0 unspecified atom stereocenters. The zero-order chi connectivity index (χ0) is 20.2. The number of nitrogens with one attached hydrogen (secondary N) is 1. The lowest BCUT2D eigenvalue weighted by atomic mass is 10.2. The highest BCUT2D eigenvalue weighted by Crippen LogP contribution is 2.25. The smallest absolute Gasteiger partial charge is 0.337 e. The van der Waals surface area contributed by atoms with Crippen molar-refractivity contribution in [1.29, 1.82) is 0 Å². The maximum atomic E-state index is 13.0. The summed E-state index contributed by atoms with van der Waals surface area (Å²) >= 11 is 0. The van der Waals surface area contributed by atoms with Crippen LogP contribution in [0.3, 0.4) is 0 Å². The van der Waals surface area contributed by atoms with E-state index in [1.54, 1.807) is 6.92 Å². The topological polar surface area (TPSA) is 178 Å². The number of benzene rings is 1. The number of carbonyl (C=O) groups is 2. The number of urea groups is 1. The molecular weight excluding hydrogens is 380 g/mol. The number of hydrogen-bond acceptors (Lipinski definition) is 9. The standard InChI is InChI=1S/C14H16N6O6S/c1-3-26-14-18-12(16-2)17-13(19-14)20(11(15)23)27(24,25)9-7-5-4-6-8(9)10(21)22/h4-7H,3H2,1-2H3,(H2,15,23)(H,21,22)(H,16,17,18,19). The Morgan fingerprint density at radius 1 is 1.26 bits per heavy atom. The Bertz CT molecular complexity index is 980. The number of anilines is 2. The van der Waals surface area contributed by atoms with Crippen molar-refractivity contribution in [3.8, 4) is 6.01 Å². The van der Waals surface area contributed by atoms with Gasteiger partial charge in [0.05, 0.1) is 12.2 Å². The van der Waals surface area contributed by atoms with Crippen LogP contribution in [0.15, 0.2) is 29.2 Å². The Labute approximate surface area is 154 Å². The maximum Gasteiger partial charge on any atom is 0.337 e. The Morgan fingerprint density at radius 2 is 1.93 bits per heavy atom. The summed E-state index contributed by atoms with van der Waals surface area (Å²) in [6, 6.07) is 3.05. The maximum absolute atomic E-state index is 13.0. The third-order valence-electron chi connectivity index (χ3n) is 3.12. The molecule has 0 saturated heterocycles. The van der Waals surface area contributed by atoms with Crippen LogP contribution >= 0.6 is 0 Å². The van der Waals surface area contributed by atoms with Crippen molar-refractivity contribution in [2.45, 2.75) is 11.8 Å². The minimum atomic E-state index is -4.74. The largest absolute Gasteiger partial charge is 0.478 e. The molecule has 12 nitrogen and oxygen atoms in total. The van der Waals surface area contributed by atoms with Gasteiger partial charge < -0.3 is 20.9 Å². The van der Waals surface area contributed by atoms with Crippen molar-refractivity contribution in [3.05, 3.63) is 29.8 Å².